The molecular weight excluding hydrogens is 347 g/mol. The number of amides is 2. The number of benzene rings is 2. The number of rotatable bonds is 6. The molecule has 0 heterocycles. The summed E-state index contributed by atoms with van der Waals surface area (Å²) in [5, 5.41) is 8.20. The molecule has 0 aliphatic carbocycles. The van der Waals surface area contributed by atoms with Crippen molar-refractivity contribution in [3.63, 3.8) is 0 Å². The summed E-state index contributed by atoms with van der Waals surface area (Å²) in [7, 11) is 0. The van der Waals surface area contributed by atoms with Gasteiger partial charge in [-0.25, -0.2) is 0 Å². The summed E-state index contributed by atoms with van der Waals surface area (Å²) in [5.74, 6) is -0.474. The fourth-order valence-corrected chi connectivity index (χ4v) is 2.20. The van der Waals surface area contributed by atoms with Crippen molar-refractivity contribution in [3.8, 4) is 0 Å². The normalized spacial score (nSPS) is 10.9. The van der Waals surface area contributed by atoms with Crippen LogP contribution in [0.15, 0.2) is 48.5 Å². The fraction of sp³-hybridized carbons (Fsp3) is 0.222. The molecule has 0 spiro atoms. The third kappa shape index (κ3) is 6.12. The Labute approximate surface area is 148 Å². The first kappa shape index (κ1) is 19.3. The Morgan fingerprint density at radius 1 is 0.923 bits per heavy atom. The van der Waals surface area contributed by atoms with E-state index in [2.05, 4.69) is 16.0 Å². The Morgan fingerprint density at radius 3 is 2.12 bits per heavy atom. The molecule has 2 aromatic rings. The van der Waals surface area contributed by atoms with Crippen LogP contribution in [0.2, 0.25) is 0 Å². The van der Waals surface area contributed by atoms with Gasteiger partial charge in [0.1, 0.15) is 0 Å². The highest BCUT2D eigenvalue weighted by Gasteiger charge is 2.29. The molecule has 2 amide bonds. The predicted molar refractivity (Wildman–Crippen MR) is 93.9 cm³/mol. The lowest BCUT2D eigenvalue weighted by Crippen LogP contribution is -2.16. The van der Waals surface area contributed by atoms with Crippen LogP contribution < -0.4 is 16.0 Å². The third-order valence-electron chi connectivity index (χ3n) is 3.36. The largest absolute Gasteiger partial charge is 0.416 e. The van der Waals surface area contributed by atoms with Crippen LogP contribution in [0.5, 0.6) is 0 Å². The Balaban J connectivity index is 1.81. The number of hydrogen-bond donors (Lipinski definition) is 3. The smallest absolute Gasteiger partial charge is 0.385 e. The average molecular weight is 365 g/mol. The van der Waals surface area contributed by atoms with Crippen LogP contribution >= 0.6 is 0 Å². The van der Waals surface area contributed by atoms with Crippen molar-refractivity contribution in [1.82, 2.24) is 0 Å². The van der Waals surface area contributed by atoms with Gasteiger partial charge in [0, 0.05) is 37.0 Å². The van der Waals surface area contributed by atoms with E-state index < -0.39 is 11.7 Å². The molecule has 0 saturated carbocycles. The Morgan fingerprint density at radius 2 is 1.54 bits per heavy atom. The molecule has 3 N–H and O–H groups in total. The van der Waals surface area contributed by atoms with E-state index in [-0.39, 0.29) is 24.8 Å². The van der Waals surface area contributed by atoms with Gasteiger partial charge >= 0.3 is 6.18 Å². The lowest BCUT2D eigenvalue weighted by atomic mass is 10.2. The van der Waals surface area contributed by atoms with Gasteiger partial charge in [-0.1, -0.05) is 6.07 Å². The van der Waals surface area contributed by atoms with Crippen molar-refractivity contribution in [3.05, 3.63) is 54.1 Å². The molecule has 138 valence electrons. The molecule has 2 rings (SSSR count). The van der Waals surface area contributed by atoms with Crippen molar-refractivity contribution in [1.29, 1.82) is 0 Å². The summed E-state index contributed by atoms with van der Waals surface area (Å²) in [5.41, 5.74) is 0.882. The number of alkyl halides is 3. The highest BCUT2D eigenvalue weighted by molar-refractivity contribution is 5.93. The molecule has 26 heavy (non-hydrogen) atoms. The Bertz CT molecular complexity index is 774. The van der Waals surface area contributed by atoms with E-state index in [9.17, 15) is 22.8 Å². The van der Waals surface area contributed by atoms with Crippen LogP contribution in [0, 0.1) is 0 Å². The molecule has 0 bridgehead atoms. The molecular formula is C18H18F3N3O2. The molecule has 5 nitrogen and oxygen atoms in total. The van der Waals surface area contributed by atoms with Crippen LogP contribution in [-0.2, 0) is 15.8 Å². The van der Waals surface area contributed by atoms with E-state index in [4.69, 9.17) is 0 Å². The van der Waals surface area contributed by atoms with E-state index in [1.165, 1.54) is 19.1 Å². The molecule has 0 saturated heterocycles. The molecule has 0 aromatic heterocycles. The van der Waals surface area contributed by atoms with Gasteiger partial charge in [0.25, 0.3) is 0 Å². The summed E-state index contributed by atoms with van der Waals surface area (Å²) in [6.45, 7) is 1.65. The van der Waals surface area contributed by atoms with Crippen molar-refractivity contribution >= 4 is 28.9 Å². The molecule has 8 heteroatoms. The van der Waals surface area contributed by atoms with Gasteiger partial charge < -0.3 is 16.0 Å². The van der Waals surface area contributed by atoms with Gasteiger partial charge in [-0.2, -0.15) is 13.2 Å². The SMILES string of the molecule is CC(=O)Nc1cccc(NC(=O)CCNc2ccc(C(F)(F)F)cc2)c1. The van der Waals surface area contributed by atoms with Gasteiger partial charge in [-0.3, -0.25) is 9.59 Å². The lowest BCUT2D eigenvalue weighted by molar-refractivity contribution is -0.137. The summed E-state index contributed by atoms with van der Waals surface area (Å²) in [4.78, 5) is 23.0. The van der Waals surface area contributed by atoms with Crippen LogP contribution in [-0.4, -0.2) is 18.4 Å². The Kier molecular flexibility index (Phi) is 6.21. The van der Waals surface area contributed by atoms with Crippen LogP contribution in [0.25, 0.3) is 0 Å². The second-order valence-electron chi connectivity index (χ2n) is 5.56. The van der Waals surface area contributed by atoms with Crippen molar-refractivity contribution in [2.24, 2.45) is 0 Å². The zero-order chi connectivity index (χ0) is 19.2. The molecule has 0 aliphatic heterocycles. The monoisotopic (exact) mass is 365 g/mol. The zero-order valence-corrected chi connectivity index (χ0v) is 14.0. The Hall–Kier alpha value is -3.03. The molecule has 2 aromatic carbocycles. The molecule has 0 unspecified atom stereocenters. The first-order valence-corrected chi connectivity index (χ1v) is 7.83. The van der Waals surface area contributed by atoms with Crippen LogP contribution in [0.4, 0.5) is 30.2 Å². The summed E-state index contributed by atoms with van der Waals surface area (Å²) in [6, 6.07) is 11.3. The number of carbonyl (C=O) groups excluding carboxylic acids is 2. The van der Waals surface area contributed by atoms with Crippen molar-refractivity contribution < 1.29 is 22.8 Å². The molecule has 0 aliphatic rings. The van der Waals surface area contributed by atoms with Crippen LogP contribution in [0.1, 0.15) is 18.9 Å². The number of halogens is 3. The second-order valence-corrected chi connectivity index (χ2v) is 5.56. The van der Waals surface area contributed by atoms with Crippen LogP contribution in [0.3, 0.4) is 0 Å². The second kappa shape index (κ2) is 8.37. The fourth-order valence-electron chi connectivity index (χ4n) is 2.20. The standard InChI is InChI=1S/C18H18F3N3O2/c1-12(25)23-15-3-2-4-16(11-15)24-17(26)9-10-22-14-7-5-13(6-8-14)18(19,20)21/h2-8,11,22H,9-10H2,1H3,(H,23,25)(H,24,26). The van der Waals surface area contributed by atoms with E-state index in [0.29, 0.717) is 17.1 Å². The number of anilines is 3. The van der Waals surface area contributed by atoms with E-state index >= 15 is 0 Å². The number of hydrogen-bond acceptors (Lipinski definition) is 3. The minimum atomic E-state index is -4.37. The first-order chi connectivity index (χ1) is 12.2. The maximum absolute atomic E-state index is 12.5. The third-order valence-corrected chi connectivity index (χ3v) is 3.36. The van der Waals surface area contributed by atoms with Gasteiger partial charge in [0.05, 0.1) is 5.56 Å². The van der Waals surface area contributed by atoms with Gasteiger partial charge in [-0.15, -0.1) is 0 Å². The average Bonchev–Trinajstić information content (AvgIpc) is 2.54. The number of carbonyl (C=O) groups is 2. The quantitative estimate of drug-likeness (QED) is 0.722. The summed E-state index contributed by atoms with van der Waals surface area (Å²) in [6.07, 6.45) is -4.24. The number of nitrogens with one attached hydrogen (secondary N) is 3. The highest BCUT2D eigenvalue weighted by atomic mass is 19.4. The van der Waals surface area contributed by atoms with Crippen molar-refractivity contribution in [2.75, 3.05) is 22.5 Å². The van der Waals surface area contributed by atoms with Gasteiger partial charge in [0.15, 0.2) is 0 Å². The lowest BCUT2D eigenvalue weighted by Gasteiger charge is -2.10. The first-order valence-electron chi connectivity index (χ1n) is 7.83. The molecule has 0 atom stereocenters. The van der Waals surface area contributed by atoms with E-state index in [1.54, 1.807) is 24.3 Å². The van der Waals surface area contributed by atoms with E-state index in [0.717, 1.165) is 12.1 Å². The molecule has 0 radical (unpaired) electrons. The molecule has 0 fully saturated rings. The maximum Gasteiger partial charge on any atom is 0.416 e. The van der Waals surface area contributed by atoms with Gasteiger partial charge in [-0.05, 0) is 42.5 Å². The van der Waals surface area contributed by atoms with Gasteiger partial charge in [0.2, 0.25) is 11.8 Å². The predicted octanol–water partition coefficient (Wildman–Crippen LogP) is 4.10. The zero-order valence-electron chi connectivity index (χ0n) is 14.0. The van der Waals surface area contributed by atoms with E-state index in [1.807, 2.05) is 0 Å². The topological polar surface area (TPSA) is 70.2 Å². The maximum atomic E-state index is 12.5. The minimum absolute atomic E-state index is 0.130. The summed E-state index contributed by atoms with van der Waals surface area (Å²) >= 11 is 0. The summed E-state index contributed by atoms with van der Waals surface area (Å²) < 4.78 is 37.5. The highest BCUT2D eigenvalue weighted by Crippen LogP contribution is 2.29. The minimum Gasteiger partial charge on any atom is -0.385 e. The van der Waals surface area contributed by atoms with Crippen molar-refractivity contribution in [2.45, 2.75) is 19.5 Å².